The third-order valence-electron chi connectivity index (χ3n) is 2.52. The molecule has 0 aliphatic rings. The topological polar surface area (TPSA) is 52.1 Å². The smallest absolute Gasteiger partial charge is 0.249 e. The lowest BCUT2D eigenvalue weighted by molar-refractivity contribution is -0.904. The Hall–Kier alpha value is -2.14. The first-order chi connectivity index (χ1) is 9.19. The van der Waals surface area contributed by atoms with Gasteiger partial charge in [0.1, 0.15) is 0 Å². The van der Waals surface area contributed by atoms with E-state index in [9.17, 15) is 5.21 Å². The Balaban J connectivity index is 2.11. The highest BCUT2D eigenvalue weighted by molar-refractivity contribution is 6.18. The maximum Gasteiger partial charge on any atom is 0.249 e. The molecule has 1 aromatic carbocycles. The van der Waals surface area contributed by atoms with Crippen LogP contribution in [0, 0.1) is 0 Å². The Kier molecular flexibility index (Phi) is 4.30. The van der Waals surface area contributed by atoms with Gasteiger partial charge in [0.2, 0.25) is 12.4 Å². The standard InChI is InChI=1S/C13H14ClN4O/c1-17(10-14)13-6-4-11(5-7-13)15-16-12-3-2-8-18(19)9-12/h2-9,19H,10H2,1H3/q+1. The van der Waals surface area contributed by atoms with Gasteiger partial charge < -0.3 is 4.90 Å². The Bertz CT molecular complexity index is 571. The minimum atomic E-state index is 0.432. The van der Waals surface area contributed by atoms with Gasteiger partial charge in [-0.1, -0.05) is 0 Å². The molecule has 0 aliphatic carbocycles. The summed E-state index contributed by atoms with van der Waals surface area (Å²) in [5, 5.41) is 17.4. The SMILES string of the molecule is CN(CCl)c1ccc(N=Nc2ccc[n+](O)c2)cc1. The molecule has 0 saturated carbocycles. The summed E-state index contributed by atoms with van der Waals surface area (Å²) in [4.78, 5) is 1.91. The van der Waals surface area contributed by atoms with Crippen molar-refractivity contribution >= 4 is 28.7 Å². The maximum atomic E-state index is 9.23. The highest BCUT2D eigenvalue weighted by Gasteiger charge is 2.00. The second-order valence-electron chi connectivity index (χ2n) is 3.98. The molecule has 0 unspecified atom stereocenters. The molecule has 2 aromatic rings. The molecule has 19 heavy (non-hydrogen) atoms. The van der Waals surface area contributed by atoms with Crippen LogP contribution >= 0.6 is 11.6 Å². The zero-order valence-electron chi connectivity index (χ0n) is 10.4. The fourth-order valence-corrected chi connectivity index (χ4v) is 1.61. The number of azo groups is 1. The summed E-state index contributed by atoms with van der Waals surface area (Å²) in [6.45, 7) is 0. The van der Waals surface area contributed by atoms with Crippen molar-refractivity contribution in [2.45, 2.75) is 0 Å². The zero-order chi connectivity index (χ0) is 13.7. The molecule has 0 aliphatic heterocycles. The van der Waals surface area contributed by atoms with Crippen LogP contribution in [-0.4, -0.2) is 18.3 Å². The maximum absolute atomic E-state index is 9.23. The molecule has 1 aromatic heterocycles. The van der Waals surface area contributed by atoms with E-state index in [-0.39, 0.29) is 0 Å². The third-order valence-corrected chi connectivity index (χ3v) is 2.88. The van der Waals surface area contributed by atoms with Gasteiger partial charge in [-0.2, -0.15) is 5.11 Å². The summed E-state index contributed by atoms with van der Waals surface area (Å²) in [5.74, 6) is 0. The second kappa shape index (κ2) is 6.15. The Morgan fingerprint density at radius 1 is 1.16 bits per heavy atom. The fourth-order valence-electron chi connectivity index (χ4n) is 1.47. The molecular weight excluding hydrogens is 264 g/mol. The number of hydrogen-bond acceptors (Lipinski definition) is 4. The average molecular weight is 278 g/mol. The molecule has 0 fully saturated rings. The molecule has 1 N–H and O–H groups in total. The molecule has 0 radical (unpaired) electrons. The molecule has 6 heteroatoms. The van der Waals surface area contributed by atoms with Crippen LogP contribution in [-0.2, 0) is 0 Å². The highest BCUT2D eigenvalue weighted by Crippen LogP contribution is 2.21. The number of benzene rings is 1. The normalized spacial score (nSPS) is 10.8. The van der Waals surface area contributed by atoms with Crippen molar-refractivity contribution in [2.75, 3.05) is 18.0 Å². The highest BCUT2D eigenvalue weighted by atomic mass is 35.5. The van der Waals surface area contributed by atoms with Crippen LogP contribution in [0.5, 0.6) is 0 Å². The number of anilines is 1. The van der Waals surface area contributed by atoms with Crippen LogP contribution in [0.4, 0.5) is 17.1 Å². The number of nitrogens with zero attached hydrogens (tertiary/aromatic N) is 4. The van der Waals surface area contributed by atoms with Crippen molar-refractivity contribution in [3.05, 3.63) is 48.8 Å². The van der Waals surface area contributed by atoms with E-state index >= 15 is 0 Å². The molecule has 0 saturated heterocycles. The van der Waals surface area contributed by atoms with Crippen molar-refractivity contribution < 1.29 is 9.94 Å². The van der Waals surface area contributed by atoms with Crippen molar-refractivity contribution in [3.8, 4) is 0 Å². The molecule has 2 rings (SSSR count). The third kappa shape index (κ3) is 3.66. The van der Waals surface area contributed by atoms with Crippen molar-refractivity contribution in [1.82, 2.24) is 0 Å². The predicted octanol–water partition coefficient (Wildman–Crippen LogP) is 3.26. The summed E-state index contributed by atoms with van der Waals surface area (Å²) in [7, 11) is 1.91. The molecule has 0 bridgehead atoms. The molecule has 98 valence electrons. The first kappa shape index (κ1) is 13.3. The van der Waals surface area contributed by atoms with Crippen LogP contribution in [0.15, 0.2) is 59.0 Å². The van der Waals surface area contributed by atoms with Gasteiger partial charge in [-0.25, -0.2) is 0 Å². The van der Waals surface area contributed by atoms with Crippen LogP contribution in [0.25, 0.3) is 0 Å². The van der Waals surface area contributed by atoms with Gasteiger partial charge in [0, 0.05) is 23.5 Å². The van der Waals surface area contributed by atoms with E-state index in [1.807, 2.05) is 36.2 Å². The van der Waals surface area contributed by atoms with Gasteiger partial charge in [-0.05, 0) is 30.3 Å². The summed E-state index contributed by atoms with van der Waals surface area (Å²) in [6.07, 6.45) is 2.98. The number of pyridine rings is 1. The van der Waals surface area contributed by atoms with E-state index in [0.717, 1.165) is 16.1 Å². The lowest BCUT2D eigenvalue weighted by Gasteiger charge is -2.14. The lowest BCUT2D eigenvalue weighted by Crippen LogP contribution is -2.27. The van der Waals surface area contributed by atoms with Gasteiger partial charge in [-0.3, -0.25) is 5.21 Å². The summed E-state index contributed by atoms with van der Waals surface area (Å²) >= 11 is 5.74. The van der Waals surface area contributed by atoms with Gasteiger partial charge in [0.05, 0.1) is 11.7 Å². The van der Waals surface area contributed by atoms with Crippen LogP contribution < -0.4 is 9.63 Å². The van der Waals surface area contributed by atoms with E-state index in [1.54, 1.807) is 12.1 Å². The van der Waals surface area contributed by atoms with E-state index in [4.69, 9.17) is 11.6 Å². The minimum absolute atomic E-state index is 0.432. The van der Waals surface area contributed by atoms with Crippen molar-refractivity contribution in [3.63, 3.8) is 0 Å². The lowest BCUT2D eigenvalue weighted by atomic mass is 10.3. The van der Waals surface area contributed by atoms with Crippen molar-refractivity contribution in [1.29, 1.82) is 0 Å². The average Bonchev–Trinajstić information content (AvgIpc) is 2.45. The summed E-state index contributed by atoms with van der Waals surface area (Å²) in [5.41, 5.74) is 2.33. The van der Waals surface area contributed by atoms with E-state index < -0.39 is 0 Å². The van der Waals surface area contributed by atoms with E-state index in [1.165, 1.54) is 12.4 Å². The summed E-state index contributed by atoms with van der Waals surface area (Å²) in [6, 6.07) is 11.4. The predicted molar refractivity (Wildman–Crippen MR) is 73.6 cm³/mol. The molecule has 0 spiro atoms. The van der Waals surface area contributed by atoms with E-state index in [2.05, 4.69) is 10.2 Å². The van der Waals surface area contributed by atoms with Crippen LogP contribution in [0.1, 0.15) is 0 Å². The molecule has 5 nitrogen and oxygen atoms in total. The first-order valence-electron chi connectivity index (χ1n) is 5.68. The van der Waals surface area contributed by atoms with Gasteiger partial charge in [0.15, 0.2) is 5.69 Å². The number of aromatic nitrogens is 1. The number of rotatable bonds is 4. The van der Waals surface area contributed by atoms with Gasteiger partial charge in [-0.15, -0.1) is 16.7 Å². The summed E-state index contributed by atoms with van der Waals surface area (Å²) < 4.78 is 0.937. The molecular formula is C13H14ClN4O+. The van der Waals surface area contributed by atoms with Crippen LogP contribution in [0.2, 0.25) is 0 Å². The Morgan fingerprint density at radius 3 is 2.47 bits per heavy atom. The number of halogens is 1. The zero-order valence-corrected chi connectivity index (χ0v) is 11.2. The van der Waals surface area contributed by atoms with E-state index in [0.29, 0.717) is 11.7 Å². The number of alkyl halides is 1. The quantitative estimate of drug-likeness (QED) is 0.307. The molecule has 0 atom stereocenters. The fraction of sp³-hybridized carbons (Fsp3) is 0.154. The largest absolute Gasteiger partial charge is 0.361 e. The number of hydrogen-bond donors (Lipinski definition) is 1. The molecule has 0 amide bonds. The van der Waals surface area contributed by atoms with Gasteiger partial charge >= 0.3 is 0 Å². The Morgan fingerprint density at radius 2 is 1.84 bits per heavy atom. The van der Waals surface area contributed by atoms with Crippen LogP contribution in [0.3, 0.4) is 0 Å². The van der Waals surface area contributed by atoms with Crippen molar-refractivity contribution in [2.24, 2.45) is 10.2 Å². The molecule has 1 heterocycles. The minimum Gasteiger partial charge on any atom is -0.361 e. The Labute approximate surface area is 116 Å². The van der Waals surface area contributed by atoms with Gasteiger partial charge in [0.25, 0.3) is 0 Å². The monoisotopic (exact) mass is 277 g/mol. The second-order valence-corrected chi connectivity index (χ2v) is 4.22. The first-order valence-corrected chi connectivity index (χ1v) is 6.22.